The Labute approximate surface area is 331 Å². The molecule has 0 aromatic rings. The van der Waals surface area contributed by atoms with E-state index in [-0.39, 0.29) is 49.1 Å². The van der Waals surface area contributed by atoms with Crippen molar-refractivity contribution in [2.45, 2.75) is 187 Å². The van der Waals surface area contributed by atoms with Gasteiger partial charge in [-0.2, -0.15) is 0 Å². The smallest absolute Gasteiger partial charge is 0.306 e. The highest BCUT2D eigenvalue weighted by Crippen LogP contribution is 2.15. The SMILES string of the molecule is CC/C=C/C/C=C/C/C=C/CCCCCCCCCCCCCCCC(=O)OC(COCCC(C(=O)[O-])[N+](C)(C)C)COC(=O)CC/C=C/CCCCC. The number of hydrogen-bond donors (Lipinski definition) is 0. The van der Waals surface area contributed by atoms with Crippen molar-refractivity contribution >= 4 is 17.9 Å². The zero-order valence-electron chi connectivity index (χ0n) is 35.4. The molecule has 0 aromatic carbocycles. The Morgan fingerprint density at radius 3 is 1.63 bits per heavy atom. The molecule has 2 atom stereocenters. The first-order chi connectivity index (χ1) is 26.1. The number of unbranched alkanes of at least 4 members (excludes halogenated alkanes) is 16. The van der Waals surface area contributed by atoms with Gasteiger partial charge in [0.1, 0.15) is 12.6 Å². The van der Waals surface area contributed by atoms with Gasteiger partial charge in [0.2, 0.25) is 0 Å². The number of carboxylic acids is 1. The van der Waals surface area contributed by atoms with Crippen LogP contribution in [0.2, 0.25) is 0 Å². The Kier molecular flexibility index (Phi) is 35.4. The number of likely N-dealkylation sites (N-methyl/N-ethyl adjacent to an activating group) is 1. The number of carboxylic acid groups (broad SMARTS) is 1. The van der Waals surface area contributed by atoms with Gasteiger partial charge in [0, 0.05) is 19.3 Å². The summed E-state index contributed by atoms with van der Waals surface area (Å²) in [5.74, 6) is -1.81. The number of nitrogens with zero attached hydrogens (tertiary/aromatic N) is 1. The van der Waals surface area contributed by atoms with Crippen molar-refractivity contribution in [3.8, 4) is 0 Å². The van der Waals surface area contributed by atoms with Gasteiger partial charge in [-0.15, -0.1) is 0 Å². The number of aliphatic carboxylic acids is 1. The van der Waals surface area contributed by atoms with Gasteiger partial charge in [-0.05, 0) is 57.8 Å². The topological polar surface area (TPSA) is 102 Å². The Morgan fingerprint density at radius 1 is 0.574 bits per heavy atom. The first-order valence-electron chi connectivity index (χ1n) is 21.7. The third-order valence-corrected chi connectivity index (χ3v) is 9.46. The van der Waals surface area contributed by atoms with E-state index in [0.29, 0.717) is 12.8 Å². The lowest BCUT2D eigenvalue weighted by Gasteiger charge is -2.34. The summed E-state index contributed by atoms with van der Waals surface area (Å²) in [6.07, 6.45) is 43.2. The van der Waals surface area contributed by atoms with Crippen LogP contribution in [0.15, 0.2) is 48.6 Å². The minimum atomic E-state index is -1.13. The summed E-state index contributed by atoms with van der Waals surface area (Å²) in [6.45, 7) is 4.44. The summed E-state index contributed by atoms with van der Waals surface area (Å²) in [5.41, 5.74) is 0. The molecule has 0 rings (SSSR count). The quantitative estimate of drug-likeness (QED) is 0.0267. The van der Waals surface area contributed by atoms with Crippen LogP contribution in [0.1, 0.15) is 174 Å². The van der Waals surface area contributed by atoms with Gasteiger partial charge in [-0.3, -0.25) is 9.59 Å². The number of quaternary nitrogens is 1. The molecule has 0 heterocycles. The maximum Gasteiger partial charge on any atom is 0.306 e. The number of ether oxygens (including phenoxy) is 3. The molecule has 54 heavy (non-hydrogen) atoms. The number of esters is 2. The molecule has 0 aliphatic carbocycles. The van der Waals surface area contributed by atoms with Gasteiger partial charge in [0.05, 0.1) is 40.3 Å². The second kappa shape index (κ2) is 37.2. The van der Waals surface area contributed by atoms with Gasteiger partial charge in [0.15, 0.2) is 6.10 Å². The van der Waals surface area contributed by atoms with Crippen LogP contribution in [-0.4, -0.2) is 75.5 Å². The summed E-state index contributed by atoms with van der Waals surface area (Å²) in [5, 5.41) is 11.6. The molecule has 0 aliphatic rings. The predicted molar refractivity (Wildman–Crippen MR) is 222 cm³/mol. The molecule has 2 unspecified atom stereocenters. The molecule has 0 saturated heterocycles. The molecule has 8 heteroatoms. The zero-order chi connectivity index (χ0) is 40.0. The van der Waals surface area contributed by atoms with Crippen molar-refractivity contribution in [1.29, 1.82) is 0 Å². The molecule has 0 spiro atoms. The van der Waals surface area contributed by atoms with E-state index in [1.54, 1.807) is 21.1 Å². The van der Waals surface area contributed by atoms with Crippen LogP contribution in [0.3, 0.4) is 0 Å². The summed E-state index contributed by atoms with van der Waals surface area (Å²) in [7, 11) is 5.39. The number of allylic oxidation sites excluding steroid dienone is 8. The fraction of sp³-hybridized carbons (Fsp3) is 0.761. The van der Waals surface area contributed by atoms with E-state index < -0.39 is 18.1 Å². The molecule has 0 aromatic heterocycles. The molecule has 0 radical (unpaired) electrons. The van der Waals surface area contributed by atoms with Crippen LogP contribution < -0.4 is 5.11 Å². The van der Waals surface area contributed by atoms with Gasteiger partial charge >= 0.3 is 11.9 Å². The van der Waals surface area contributed by atoms with E-state index in [1.807, 2.05) is 6.08 Å². The molecule has 312 valence electrons. The highest BCUT2D eigenvalue weighted by atomic mass is 16.6. The van der Waals surface area contributed by atoms with Crippen LogP contribution in [0.5, 0.6) is 0 Å². The second-order valence-corrected chi connectivity index (χ2v) is 15.5. The van der Waals surface area contributed by atoms with E-state index in [9.17, 15) is 19.5 Å². The van der Waals surface area contributed by atoms with E-state index in [4.69, 9.17) is 14.2 Å². The third-order valence-electron chi connectivity index (χ3n) is 9.46. The van der Waals surface area contributed by atoms with E-state index in [1.165, 1.54) is 83.5 Å². The second-order valence-electron chi connectivity index (χ2n) is 15.5. The lowest BCUT2D eigenvalue weighted by Crippen LogP contribution is -2.55. The highest BCUT2D eigenvalue weighted by Gasteiger charge is 2.25. The van der Waals surface area contributed by atoms with E-state index in [0.717, 1.165) is 51.4 Å². The average molecular weight is 760 g/mol. The summed E-state index contributed by atoms with van der Waals surface area (Å²) < 4.78 is 17.0. The van der Waals surface area contributed by atoms with Crippen LogP contribution in [-0.2, 0) is 28.6 Å². The number of carbonyl (C=O) groups excluding carboxylic acids is 3. The molecule has 0 saturated carbocycles. The lowest BCUT2D eigenvalue weighted by atomic mass is 10.0. The fourth-order valence-corrected chi connectivity index (χ4v) is 6.10. The van der Waals surface area contributed by atoms with Gasteiger partial charge in [0.25, 0.3) is 0 Å². The Bertz CT molecular complexity index is 1030. The first-order valence-corrected chi connectivity index (χ1v) is 21.7. The lowest BCUT2D eigenvalue weighted by molar-refractivity contribution is -0.889. The monoisotopic (exact) mass is 760 g/mol. The molecule has 0 fully saturated rings. The molecular weight excluding hydrogens is 679 g/mol. The zero-order valence-corrected chi connectivity index (χ0v) is 35.4. The fourth-order valence-electron chi connectivity index (χ4n) is 6.10. The summed E-state index contributed by atoms with van der Waals surface area (Å²) in [6, 6.07) is -0.728. The maximum absolute atomic E-state index is 12.7. The maximum atomic E-state index is 12.7. The van der Waals surface area contributed by atoms with Crippen molar-refractivity contribution in [3.63, 3.8) is 0 Å². The van der Waals surface area contributed by atoms with Crippen molar-refractivity contribution in [2.75, 3.05) is 41.0 Å². The van der Waals surface area contributed by atoms with Crippen molar-refractivity contribution < 1.29 is 38.2 Å². The van der Waals surface area contributed by atoms with Gasteiger partial charge < -0.3 is 28.6 Å². The van der Waals surface area contributed by atoms with Crippen LogP contribution in [0.4, 0.5) is 0 Å². The normalized spacial score (nSPS) is 13.4. The van der Waals surface area contributed by atoms with Crippen molar-refractivity contribution in [3.05, 3.63) is 48.6 Å². The highest BCUT2D eigenvalue weighted by molar-refractivity contribution is 5.70. The molecule has 8 nitrogen and oxygen atoms in total. The third kappa shape index (κ3) is 35.0. The minimum absolute atomic E-state index is 0.0288. The molecule has 0 amide bonds. The average Bonchev–Trinajstić information content (AvgIpc) is 3.12. The largest absolute Gasteiger partial charge is 0.544 e. The predicted octanol–water partition coefficient (Wildman–Crippen LogP) is 10.3. The van der Waals surface area contributed by atoms with Crippen LogP contribution in [0.25, 0.3) is 0 Å². The number of hydrogen-bond acceptors (Lipinski definition) is 7. The summed E-state index contributed by atoms with van der Waals surface area (Å²) in [4.78, 5) is 36.6. The number of carbonyl (C=O) groups is 3. The Morgan fingerprint density at radius 2 is 1.07 bits per heavy atom. The van der Waals surface area contributed by atoms with Crippen molar-refractivity contribution in [1.82, 2.24) is 0 Å². The standard InChI is InChI=1S/C46H81NO7/c1-6-8-10-12-14-15-16-17-18-19-20-21-22-23-24-25-26-27-28-29-31-33-35-37-45(49)54-42(40-52-39-38-43(46(50)51)47(3,4)5)41-53-44(48)36-34-32-30-13-11-9-7-2/h8,10,14-15,17-18,30,32,42-43H,6-7,9,11-13,16,19-29,31,33-41H2,1-5H3/b10-8+,15-14+,18-17+,32-30+. The molecule has 0 N–H and O–H groups in total. The van der Waals surface area contributed by atoms with Gasteiger partial charge in [-0.1, -0.05) is 146 Å². The van der Waals surface area contributed by atoms with Gasteiger partial charge in [-0.25, -0.2) is 0 Å². The summed E-state index contributed by atoms with van der Waals surface area (Å²) >= 11 is 0. The van der Waals surface area contributed by atoms with Crippen LogP contribution in [0, 0.1) is 0 Å². The molecular formula is C46H81NO7. The van der Waals surface area contributed by atoms with E-state index >= 15 is 0 Å². The Hall–Kier alpha value is -2.71. The molecule has 0 bridgehead atoms. The number of rotatable bonds is 38. The van der Waals surface area contributed by atoms with Crippen LogP contribution >= 0.6 is 0 Å². The van der Waals surface area contributed by atoms with E-state index in [2.05, 4.69) is 56.4 Å². The molecule has 0 aliphatic heterocycles. The Balaban J connectivity index is 4.16. The van der Waals surface area contributed by atoms with Crippen molar-refractivity contribution in [2.24, 2.45) is 0 Å². The first kappa shape index (κ1) is 51.3. The minimum Gasteiger partial charge on any atom is -0.544 e.